The molecule has 2 aromatic carbocycles. The van der Waals surface area contributed by atoms with Crippen LogP contribution in [0.3, 0.4) is 0 Å². The number of anilines is 2. The molecule has 2 aromatic heterocycles. The second kappa shape index (κ2) is 8.79. The van der Waals surface area contributed by atoms with E-state index in [4.69, 9.17) is 4.98 Å². The maximum absolute atomic E-state index is 12.4. The number of piperazine rings is 1. The Balaban J connectivity index is 1.39. The minimum atomic E-state index is -0.890. The van der Waals surface area contributed by atoms with E-state index >= 15 is 0 Å². The molecule has 0 unspecified atom stereocenters. The lowest BCUT2D eigenvalue weighted by Gasteiger charge is -2.38. The van der Waals surface area contributed by atoms with Gasteiger partial charge in [-0.05, 0) is 42.8 Å². The molecule has 3 N–H and O–H groups in total. The molecule has 0 bridgehead atoms. The zero-order valence-electron chi connectivity index (χ0n) is 19.2. The third-order valence-corrected chi connectivity index (χ3v) is 6.48. The zero-order valence-corrected chi connectivity index (χ0v) is 19.2. The van der Waals surface area contributed by atoms with Gasteiger partial charge in [0.05, 0.1) is 5.52 Å². The fraction of sp³-hybridized carbons (Fsp3) is 0.269. The first-order valence-electron chi connectivity index (χ1n) is 11.4. The van der Waals surface area contributed by atoms with Crippen molar-refractivity contribution in [3.05, 3.63) is 65.9 Å². The average Bonchev–Trinajstić information content (AvgIpc) is 3.22. The topological polar surface area (TPSA) is 102 Å². The van der Waals surface area contributed by atoms with Gasteiger partial charge in [0.25, 0.3) is 0 Å². The van der Waals surface area contributed by atoms with Gasteiger partial charge in [-0.3, -0.25) is 14.5 Å². The normalized spacial score (nSPS) is 15.5. The third-order valence-electron chi connectivity index (χ3n) is 6.48. The number of H-pyrrole nitrogens is 1. The molecule has 5 rings (SSSR count). The number of aromatic amines is 1. The van der Waals surface area contributed by atoms with Crippen LogP contribution in [0.4, 0.5) is 11.5 Å². The van der Waals surface area contributed by atoms with Crippen LogP contribution >= 0.6 is 0 Å². The van der Waals surface area contributed by atoms with Crippen molar-refractivity contribution in [3.8, 4) is 0 Å². The molecule has 0 radical (unpaired) electrons. The number of nitrogens with zero attached hydrogens (tertiary/aromatic N) is 3. The molecule has 3 heterocycles. The van der Waals surface area contributed by atoms with E-state index in [1.165, 1.54) is 12.5 Å². The Labute approximate surface area is 197 Å². The standard InChI is InChI=1S/C26H27N5O3/c1-16-13-24(29-23-6-4-3-5-19(16)23)30-9-11-31(12-10-30)25(26(33)34)21-15-27-22-8-7-18(14-20(21)22)28-17(2)32/h3-8,13-15,25,27H,9-12H2,1-2H3,(H,28,32)(H,33,34)/t25-/m1/s1. The number of hydrogen-bond acceptors (Lipinski definition) is 5. The number of fused-ring (bicyclic) bond motifs is 2. The molecule has 1 atom stereocenters. The van der Waals surface area contributed by atoms with E-state index in [9.17, 15) is 14.7 Å². The number of rotatable bonds is 5. The molecular weight excluding hydrogens is 430 g/mol. The van der Waals surface area contributed by atoms with Crippen LogP contribution in [0.1, 0.15) is 24.1 Å². The lowest BCUT2D eigenvalue weighted by atomic mass is 10.0. The number of benzene rings is 2. The van der Waals surface area contributed by atoms with Gasteiger partial charge in [0.2, 0.25) is 5.91 Å². The summed E-state index contributed by atoms with van der Waals surface area (Å²) in [7, 11) is 0. The van der Waals surface area contributed by atoms with Crippen molar-refractivity contribution in [1.82, 2.24) is 14.9 Å². The first kappa shape index (κ1) is 21.9. The molecule has 174 valence electrons. The Morgan fingerprint density at radius 3 is 2.56 bits per heavy atom. The van der Waals surface area contributed by atoms with E-state index in [2.05, 4.69) is 34.3 Å². The Morgan fingerprint density at radius 1 is 1.06 bits per heavy atom. The van der Waals surface area contributed by atoms with Crippen LogP contribution in [-0.4, -0.2) is 58.0 Å². The number of carbonyl (C=O) groups is 2. The van der Waals surface area contributed by atoms with E-state index in [0.717, 1.165) is 27.6 Å². The number of para-hydroxylation sites is 1. The number of pyridine rings is 1. The first-order valence-corrected chi connectivity index (χ1v) is 11.4. The molecule has 1 amide bonds. The molecule has 1 fully saturated rings. The highest BCUT2D eigenvalue weighted by atomic mass is 16.4. The fourth-order valence-electron chi connectivity index (χ4n) is 4.84. The minimum absolute atomic E-state index is 0.167. The maximum atomic E-state index is 12.4. The van der Waals surface area contributed by atoms with Crippen LogP contribution in [0.15, 0.2) is 54.7 Å². The van der Waals surface area contributed by atoms with Gasteiger partial charge in [0, 0.05) is 66.8 Å². The smallest absolute Gasteiger partial charge is 0.325 e. The van der Waals surface area contributed by atoms with Gasteiger partial charge < -0.3 is 20.3 Å². The molecule has 34 heavy (non-hydrogen) atoms. The number of hydrogen-bond donors (Lipinski definition) is 3. The number of carbonyl (C=O) groups excluding carboxylic acids is 1. The summed E-state index contributed by atoms with van der Waals surface area (Å²) in [6.07, 6.45) is 1.77. The van der Waals surface area contributed by atoms with E-state index in [-0.39, 0.29) is 5.91 Å². The van der Waals surface area contributed by atoms with Crippen molar-refractivity contribution < 1.29 is 14.7 Å². The summed E-state index contributed by atoms with van der Waals surface area (Å²) in [4.78, 5) is 36.1. The largest absolute Gasteiger partial charge is 0.480 e. The van der Waals surface area contributed by atoms with Crippen molar-refractivity contribution >= 4 is 45.2 Å². The fourth-order valence-corrected chi connectivity index (χ4v) is 4.84. The van der Waals surface area contributed by atoms with Gasteiger partial charge in [-0.25, -0.2) is 4.98 Å². The van der Waals surface area contributed by atoms with E-state index in [1.54, 1.807) is 12.3 Å². The molecule has 8 heteroatoms. The highest BCUT2D eigenvalue weighted by Gasteiger charge is 2.32. The summed E-state index contributed by atoms with van der Waals surface area (Å²) in [5.41, 5.74) is 4.33. The number of amides is 1. The molecule has 8 nitrogen and oxygen atoms in total. The quantitative estimate of drug-likeness (QED) is 0.420. The molecule has 0 spiro atoms. The SMILES string of the molecule is CC(=O)Nc1ccc2[nH]cc([C@H](C(=O)O)N3CCN(c4cc(C)c5ccccc5n4)CC3)c2c1. The number of nitrogens with one attached hydrogen (secondary N) is 2. The third kappa shape index (κ3) is 4.08. The molecule has 1 saturated heterocycles. The number of carboxylic acid groups (broad SMARTS) is 1. The second-order valence-electron chi connectivity index (χ2n) is 8.76. The second-order valence-corrected chi connectivity index (χ2v) is 8.76. The van der Waals surface area contributed by atoms with E-state index in [1.807, 2.05) is 35.2 Å². The summed E-state index contributed by atoms with van der Waals surface area (Å²) in [5, 5.41) is 14.9. The molecular formula is C26H27N5O3. The van der Waals surface area contributed by atoms with Crippen molar-refractivity contribution in [3.63, 3.8) is 0 Å². The summed E-state index contributed by atoms with van der Waals surface area (Å²) in [6.45, 7) is 6.12. The van der Waals surface area contributed by atoms with Gasteiger partial charge in [-0.1, -0.05) is 18.2 Å². The lowest BCUT2D eigenvalue weighted by Crippen LogP contribution is -2.49. The highest BCUT2D eigenvalue weighted by molar-refractivity contribution is 5.95. The van der Waals surface area contributed by atoms with Crippen molar-refractivity contribution in [2.24, 2.45) is 0 Å². The van der Waals surface area contributed by atoms with Crippen molar-refractivity contribution in [2.45, 2.75) is 19.9 Å². The van der Waals surface area contributed by atoms with Gasteiger partial charge in [0.1, 0.15) is 11.9 Å². The Kier molecular flexibility index (Phi) is 5.67. The van der Waals surface area contributed by atoms with Crippen LogP contribution in [0.5, 0.6) is 0 Å². The molecule has 1 aliphatic rings. The van der Waals surface area contributed by atoms with Crippen molar-refractivity contribution in [2.75, 3.05) is 36.4 Å². The first-order chi connectivity index (χ1) is 16.4. The van der Waals surface area contributed by atoms with Gasteiger partial charge >= 0.3 is 5.97 Å². The predicted octanol–water partition coefficient (Wildman–Crippen LogP) is 3.93. The lowest BCUT2D eigenvalue weighted by molar-refractivity contribution is -0.143. The molecule has 0 saturated carbocycles. The number of aromatic nitrogens is 2. The van der Waals surface area contributed by atoms with Gasteiger partial charge in [-0.15, -0.1) is 0 Å². The Morgan fingerprint density at radius 2 is 1.82 bits per heavy atom. The summed E-state index contributed by atoms with van der Waals surface area (Å²) in [6, 6.07) is 14.9. The summed E-state index contributed by atoms with van der Waals surface area (Å²) < 4.78 is 0. The molecule has 4 aromatic rings. The van der Waals surface area contributed by atoms with Crippen LogP contribution in [0.25, 0.3) is 21.8 Å². The minimum Gasteiger partial charge on any atom is -0.480 e. The molecule has 0 aliphatic carbocycles. The van der Waals surface area contributed by atoms with Gasteiger partial charge in [-0.2, -0.15) is 0 Å². The summed E-state index contributed by atoms with van der Waals surface area (Å²) in [5.74, 6) is -0.131. The highest BCUT2D eigenvalue weighted by Crippen LogP contribution is 2.32. The predicted molar refractivity (Wildman–Crippen MR) is 133 cm³/mol. The van der Waals surface area contributed by atoms with Crippen LogP contribution in [-0.2, 0) is 9.59 Å². The zero-order chi connectivity index (χ0) is 23.8. The van der Waals surface area contributed by atoms with E-state index in [0.29, 0.717) is 37.4 Å². The molecule has 1 aliphatic heterocycles. The number of aryl methyl sites for hydroxylation is 1. The van der Waals surface area contributed by atoms with Crippen molar-refractivity contribution in [1.29, 1.82) is 0 Å². The summed E-state index contributed by atoms with van der Waals surface area (Å²) >= 11 is 0. The van der Waals surface area contributed by atoms with Crippen LogP contribution < -0.4 is 10.2 Å². The monoisotopic (exact) mass is 457 g/mol. The van der Waals surface area contributed by atoms with Crippen LogP contribution in [0.2, 0.25) is 0 Å². The van der Waals surface area contributed by atoms with E-state index < -0.39 is 12.0 Å². The Bertz CT molecular complexity index is 1390. The van der Waals surface area contributed by atoms with Gasteiger partial charge in [0.15, 0.2) is 0 Å². The van der Waals surface area contributed by atoms with Crippen LogP contribution in [0, 0.1) is 6.92 Å². The average molecular weight is 458 g/mol. The number of aliphatic carboxylic acids is 1. The number of carboxylic acids is 1. The maximum Gasteiger partial charge on any atom is 0.325 e. The Hall–Kier alpha value is -3.91.